The van der Waals surface area contributed by atoms with E-state index in [1.54, 1.807) is 30.3 Å². The van der Waals surface area contributed by atoms with E-state index in [2.05, 4.69) is 6.58 Å². The van der Waals surface area contributed by atoms with Crippen LogP contribution in [0.1, 0.15) is 12.0 Å². The number of allylic oxidation sites excluding steroid dienone is 2. The van der Waals surface area contributed by atoms with Crippen LogP contribution in [0.15, 0.2) is 49.1 Å². The Kier molecular flexibility index (Phi) is 4.21. The van der Waals surface area contributed by atoms with Gasteiger partial charge in [-0.1, -0.05) is 36.9 Å². The van der Waals surface area contributed by atoms with Crippen LogP contribution in [-0.4, -0.2) is 16.7 Å². The van der Waals surface area contributed by atoms with Crippen LogP contribution in [0, 0.1) is 0 Å². The van der Waals surface area contributed by atoms with E-state index >= 15 is 0 Å². The predicted molar refractivity (Wildman–Crippen MR) is 61.9 cm³/mol. The van der Waals surface area contributed by atoms with Crippen molar-refractivity contribution < 1.29 is 14.7 Å². The summed E-state index contributed by atoms with van der Waals surface area (Å²) in [6.07, 6.45) is 1.88. The van der Waals surface area contributed by atoms with Gasteiger partial charge in [-0.05, 0) is 6.08 Å². The molecule has 0 spiro atoms. The van der Waals surface area contributed by atoms with Crippen molar-refractivity contribution in [2.45, 2.75) is 6.42 Å². The van der Waals surface area contributed by atoms with Crippen molar-refractivity contribution in [2.75, 3.05) is 0 Å². The number of benzene rings is 1. The molecule has 82 valence electrons. The lowest BCUT2D eigenvalue weighted by molar-refractivity contribution is -0.121. The molecule has 0 aliphatic rings. The van der Waals surface area contributed by atoms with Gasteiger partial charge in [-0.2, -0.15) is 0 Å². The van der Waals surface area contributed by atoms with Gasteiger partial charge in [0.2, 0.25) is 0 Å². The van der Waals surface area contributed by atoms with E-state index in [-0.39, 0.29) is 18.0 Å². The molecule has 0 bridgehead atoms. The Morgan fingerprint density at radius 3 is 2.38 bits per heavy atom. The summed E-state index contributed by atoms with van der Waals surface area (Å²) in [6.45, 7) is 3.27. The molecule has 3 nitrogen and oxygen atoms in total. The molecule has 0 aliphatic carbocycles. The molecular weight excluding hydrogens is 204 g/mol. The maximum Gasteiger partial charge on any atom is 0.167 e. The Balaban J connectivity index is 2.74. The number of carbonyl (C=O) groups excluding carboxylic acids is 2. The number of ketones is 2. The monoisotopic (exact) mass is 216 g/mol. The summed E-state index contributed by atoms with van der Waals surface area (Å²) in [4.78, 5) is 22.2. The first-order valence-electron chi connectivity index (χ1n) is 4.77. The molecule has 0 saturated carbocycles. The first-order valence-corrected chi connectivity index (χ1v) is 4.77. The van der Waals surface area contributed by atoms with Gasteiger partial charge in [0.15, 0.2) is 11.6 Å². The zero-order valence-corrected chi connectivity index (χ0v) is 8.72. The summed E-state index contributed by atoms with van der Waals surface area (Å²) < 4.78 is 0. The van der Waals surface area contributed by atoms with E-state index in [1.165, 1.54) is 0 Å². The number of hydrogen-bond donors (Lipinski definition) is 1. The van der Waals surface area contributed by atoms with Gasteiger partial charge in [0, 0.05) is 11.6 Å². The fourth-order valence-electron chi connectivity index (χ4n) is 1.14. The third kappa shape index (κ3) is 3.53. The van der Waals surface area contributed by atoms with E-state index in [9.17, 15) is 14.7 Å². The van der Waals surface area contributed by atoms with Gasteiger partial charge in [0.25, 0.3) is 0 Å². The van der Waals surface area contributed by atoms with Crippen LogP contribution in [0.4, 0.5) is 0 Å². The van der Waals surface area contributed by atoms with Crippen LogP contribution < -0.4 is 0 Å². The minimum Gasteiger partial charge on any atom is -0.507 e. The largest absolute Gasteiger partial charge is 0.507 e. The molecule has 1 rings (SSSR count). The second kappa shape index (κ2) is 5.66. The van der Waals surface area contributed by atoms with Crippen molar-refractivity contribution in [3.8, 4) is 0 Å². The highest BCUT2D eigenvalue weighted by Gasteiger charge is 2.06. The average Bonchev–Trinajstić information content (AvgIpc) is 2.29. The lowest BCUT2D eigenvalue weighted by atomic mass is 10.1. The van der Waals surface area contributed by atoms with Gasteiger partial charge in [0.05, 0.1) is 6.42 Å². The lowest BCUT2D eigenvalue weighted by Crippen LogP contribution is -2.02. The SMILES string of the molecule is C=CC(=O)CC(=O)C=C(O)c1ccccc1. The summed E-state index contributed by atoms with van der Waals surface area (Å²) in [6, 6.07) is 8.65. The second-order valence-electron chi connectivity index (χ2n) is 3.21. The normalized spacial score (nSPS) is 10.9. The summed E-state index contributed by atoms with van der Waals surface area (Å²) in [5.41, 5.74) is 0.543. The topological polar surface area (TPSA) is 54.4 Å². The van der Waals surface area contributed by atoms with Gasteiger partial charge in [-0.15, -0.1) is 0 Å². The molecular formula is C13H12O3. The fourth-order valence-corrected chi connectivity index (χ4v) is 1.14. The van der Waals surface area contributed by atoms with Crippen molar-refractivity contribution in [2.24, 2.45) is 0 Å². The molecule has 16 heavy (non-hydrogen) atoms. The molecule has 0 aliphatic heterocycles. The van der Waals surface area contributed by atoms with Crippen LogP contribution in [0.3, 0.4) is 0 Å². The zero-order chi connectivity index (χ0) is 12.0. The Morgan fingerprint density at radius 1 is 1.19 bits per heavy atom. The molecule has 0 amide bonds. The van der Waals surface area contributed by atoms with Crippen LogP contribution in [0.25, 0.3) is 5.76 Å². The van der Waals surface area contributed by atoms with Crippen molar-refractivity contribution in [3.63, 3.8) is 0 Å². The predicted octanol–water partition coefficient (Wildman–Crippen LogP) is 2.30. The summed E-state index contributed by atoms with van der Waals surface area (Å²) in [7, 11) is 0. The lowest BCUT2D eigenvalue weighted by Gasteiger charge is -1.98. The molecule has 1 aromatic rings. The van der Waals surface area contributed by atoms with E-state index < -0.39 is 5.78 Å². The number of rotatable bonds is 5. The summed E-state index contributed by atoms with van der Waals surface area (Å²) in [5.74, 6) is -0.934. The van der Waals surface area contributed by atoms with Gasteiger partial charge >= 0.3 is 0 Å². The van der Waals surface area contributed by atoms with Crippen molar-refractivity contribution in [1.82, 2.24) is 0 Å². The maximum absolute atomic E-state index is 11.3. The molecule has 0 saturated heterocycles. The van der Waals surface area contributed by atoms with Crippen molar-refractivity contribution in [3.05, 3.63) is 54.6 Å². The molecule has 0 aromatic heterocycles. The van der Waals surface area contributed by atoms with Crippen LogP contribution in [0.5, 0.6) is 0 Å². The van der Waals surface area contributed by atoms with E-state index in [0.29, 0.717) is 5.56 Å². The molecule has 1 N–H and O–H groups in total. The number of hydrogen-bond acceptors (Lipinski definition) is 3. The van der Waals surface area contributed by atoms with E-state index in [0.717, 1.165) is 12.2 Å². The second-order valence-corrected chi connectivity index (χ2v) is 3.21. The molecule has 0 heterocycles. The van der Waals surface area contributed by atoms with Gasteiger partial charge < -0.3 is 5.11 Å². The van der Waals surface area contributed by atoms with E-state index in [1.807, 2.05) is 0 Å². The molecule has 1 aromatic carbocycles. The van der Waals surface area contributed by atoms with Crippen LogP contribution in [0.2, 0.25) is 0 Å². The third-order valence-corrected chi connectivity index (χ3v) is 1.94. The first kappa shape index (κ1) is 11.9. The minimum absolute atomic E-state index is 0.137. The Morgan fingerprint density at radius 2 is 1.81 bits per heavy atom. The Bertz CT molecular complexity index is 430. The highest BCUT2D eigenvalue weighted by Crippen LogP contribution is 2.10. The first-order chi connectivity index (χ1) is 7.63. The molecule has 0 fully saturated rings. The third-order valence-electron chi connectivity index (χ3n) is 1.94. The zero-order valence-electron chi connectivity index (χ0n) is 8.72. The van der Waals surface area contributed by atoms with Crippen molar-refractivity contribution in [1.29, 1.82) is 0 Å². The highest BCUT2D eigenvalue weighted by molar-refractivity contribution is 6.10. The van der Waals surface area contributed by atoms with Crippen LogP contribution >= 0.6 is 0 Å². The molecule has 0 atom stereocenters. The fraction of sp³-hybridized carbons (Fsp3) is 0.0769. The number of carbonyl (C=O) groups is 2. The summed E-state index contributed by atoms with van der Waals surface area (Å²) >= 11 is 0. The Hall–Kier alpha value is -2.16. The smallest absolute Gasteiger partial charge is 0.167 e. The number of aliphatic hydroxyl groups excluding tert-OH is 1. The van der Waals surface area contributed by atoms with Gasteiger partial charge in [0.1, 0.15) is 5.76 Å². The average molecular weight is 216 g/mol. The molecule has 3 heteroatoms. The van der Waals surface area contributed by atoms with Crippen LogP contribution in [-0.2, 0) is 9.59 Å². The summed E-state index contributed by atoms with van der Waals surface area (Å²) in [5, 5.41) is 9.58. The van der Waals surface area contributed by atoms with E-state index in [4.69, 9.17) is 0 Å². The number of aliphatic hydroxyl groups is 1. The maximum atomic E-state index is 11.3. The molecule has 0 radical (unpaired) electrons. The standard InChI is InChI=1S/C13H12O3/c1-2-11(14)8-12(15)9-13(16)10-6-4-3-5-7-10/h2-7,9,16H,1,8H2. The quantitative estimate of drug-likeness (QED) is 0.466. The minimum atomic E-state index is -0.439. The van der Waals surface area contributed by atoms with Crippen molar-refractivity contribution >= 4 is 17.3 Å². The highest BCUT2D eigenvalue weighted by atomic mass is 16.3. The van der Waals surface area contributed by atoms with Gasteiger partial charge in [-0.3, -0.25) is 9.59 Å². The Labute approximate surface area is 93.7 Å². The molecule has 0 unspecified atom stereocenters. The van der Waals surface area contributed by atoms with Gasteiger partial charge in [-0.25, -0.2) is 0 Å².